The molecule has 0 radical (unpaired) electrons. The zero-order chi connectivity index (χ0) is 16.4. The van der Waals surface area contributed by atoms with Crippen LogP contribution < -0.4 is 0 Å². The zero-order valence-corrected chi connectivity index (χ0v) is 13.1. The van der Waals surface area contributed by atoms with Crippen LogP contribution in [0.5, 0.6) is 0 Å². The van der Waals surface area contributed by atoms with Crippen molar-refractivity contribution in [3.05, 3.63) is 59.2 Å². The average molecular weight is 302 g/mol. The van der Waals surface area contributed by atoms with Crippen molar-refractivity contribution in [1.82, 2.24) is 9.47 Å². The average Bonchev–Trinajstić information content (AvgIpc) is 2.88. The maximum absolute atomic E-state index is 13.0. The quantitative estimate of drug-likeness (QED) is 0.814. The Hall–Kier alpha value is -2.43. The largest absolute Gasteiger partial charge is 0.346 e. The van der Waals surface area contributed by atoms with Gasteiger partial charge in [-0.3, -0.25) is 9.59 Å². The van der Waals surface area contributed by atoms with Crippen LogP contribution in [0.15, 0.2) is 36.5 Å². The molecular weight excluding hydrogens is 283 g/mol. The second-order valence-corrected chi connectivity index (χ2v) is 5.42. The predicted octanol–water partition coefficient (Wildman–Crippen LogP) is 3.20. The van der Waals surface area contributed by atoms with Crippen molar-refractivity contribution >= 4 is 11.7 Å². The molecule has 0 aliphatic rings. The van der Waals surface area contributed by atoms with Crippen LogP contribution in [-0.2, 0) is 7.05 Å². The maximum atomic E-state index is 13.0. The van der Waals surface area contributed by atoms with Gasteiger partial charge in [-0.05, 0) is 37.6 Å². The van der Waals surface area contributed by atoms with Gasteiger partial charge < -0.3 is 9.47 Å². The lowest BCUT2D eigenvalue weighted by Crippen LogP contribution is -2.30. The van der Waals surface area contributed by atoms with Crippen LogP contribution in [0.1, 0.15) is 46.3 Å². The number of hydrogen-bond donors (Lipinski definition) is 0. The Kier molecular flexibility index (Phi) is 4.45. The van der Waals surface area contributed by atoms with Crippen LogP contribution >= 0.6 is 0 Å². The third-order valence-corrected chi connectivity index (χ3v) is 3.88. The summed E-state index contributed by atoms with van der Waals surface area (Å²) in [5.74, 6) is -0.575. The van der Waals surface area contributed by atoms with Gasteiger partial charge in [0.25, 0.3) is 5.91 Å². The van der Waals surface area contributed by atoms with Gasteiger partial charge in [-0.15, -0.1) is 0 Å². The summed E-state index contributed by atoms with van der Waals surface area (Å²) in [6, 6.07) is 7.47. The normalized spacial score (nSPS) is 12.0. The molecule has 2 aromatic rings. The van der Waals surface area contributed by atoms with Gasteiger partial charge in [0.15, 0.2) is 5.78 Å². The van der Waals surface area contributed by atoms with Crippen molar-refractivity contribution in [3.8, 4) is 0 Å². The molecule has 0 spiro atoms. The first-order chi connectivity index (χ1) is 10.3. The number of carbonyl (C=O) groups excluding carboxylic acids is 2. The fourth-order valence-corrected chi connectivity index (χ4v) is 2.29. The first-order valence-electron chi connectivity index (χ1n) is 7.01. The fraction of sp³-hybridized carbons (Fsp3) is 0.294. The van der Waals surface area contributed by atoms with Crippen LogP contribution in [0.4, 0.5) is 4.39 Å². The number of Topliss-reactive ketones (excluding diaryl/α,β-unsaturated/α-hetero) is 1. The van der Waals surface area contributed by atoms with E-state index in [-0.39, 0.29) is 23.5 Å². The van der Waals surface area contributed by atoms with E-state index in [2.05, 4.69) is 0 Å². The van der Waals surface area contributed by atoms with Crippen LogP contribution in [0.25, 0.3) is 0 Å². The molecule has 0 bridgehead atoms. The molecule has 0 saturated heterocycles. The highest BCUT2D eigenvalue weighted by atomic mass is 19.1. The van der Waals surface area contributed by atoms with Gasteiger partial charge in [-0.2, -0.15) is 0 Å². The van der Waals surface area contributed by atoms with E-state index in [1.165, 1.54) is 19.1 Å². The molecule has 2 rings (SSSR count). The summed E-state index contributed by atoms with van der Waals surface area (Å²) in [7, 11) is 3.42. The molecule has 0 saturated carbocycles. The zero-order valence-electron chi connectivity index (χ0n) is 13.1. The van der Waals surface area contributed by atoms with E-state index in [0.717, 1.165) is 5.56 Å². The van der Waals surface area contributed by atoms with E-state index in [4.69, 9.17) is 0 Å². The van der Waals surface area contributed by atoms with Gasteiger partial charge in [-0.1, -0.05) is 12.1 Å². The molecule has 1 unspecified atom stereocenters. The molecular formula is C17H19FN2O2. The van der Waals surface area contributed by atoms with Crippen molar-refractivity contribution in [2.75, 3.05) is 7.05 Å². The molecule has 0 aliphatic carbocycles. The number of ketones is 1. The number of nitrogens with zero attached hydrogens (tertiary/aromatic N) is 2. The van der Waals surface area contributed by atoms with Gasteiger partial charge >= 0.3 is 0 Å². The first kappa shape index (κ1) is 15.9. The minimum Gasteiger partial charge on any atom is -0.346 e. The van der Waals surface area contributed by atoms with Crippen molar-refractivity contribution in [2.24, 2.45) is 7.05 Å². The standard InChI is InChI=1S/C17H19FN2O2/c1-11(13-5-7-15(18)8-6-13)20(4)17(22)16-9-14(12(2)21)10-19(16)3/h5-11H,1-4H3. The number of aryl methyl sites for hydroxylation is 1. The lowest BCUT2D eigenvalue weighted by Gasteiger charge is -2.25. The number of rotatable bonds is 4. The molecule has 22 heavy (non-hydrogen) atoms. The Balaban J connectivity index is 2.24. The number of hydrogen-bond acceptors (Lipinski definition) is 2. The Morgan fingerprint density at radius 2 is 1.82 bits per heavy atom. The van der Waals surface area contributed by atoms with Gasteiger partial charge in [0.05, 0.1) is 6.04 Å². The highest BCUT2D eigenvalue weighted by Crippen LogP contribution is 2.21. The number of halogens is 1. The van der Waals surface area contributed by atoms with Gasteiger partial charge in [-0.25, -0.2) is 4.39 Å². The van der Waals surface area contributed by atoms with Crippen LogP contribution in [0.2, 0.25) is 0 Å². The maximum Gasteiger partial charge on any atom is 0.270 e. The molecule has 0 aliphatic heterocycles. The molecule has 1 atom stereocenters. The molecule has 116 valence electrons. The van der Waals surface area contributed by atoms with Crippen LogP contribution in [-0.4, -0.2) is 28.2 Å². The number of carbonyl (C=O) groups is 2. The lowest BCUT2D eigenvalue weighted by molar-refractivity contribution is 0.0733. The summed E-state index contributed by atoms with van der Waals surface area (Å²) in [4.78, 5) is 25.6. The van der Waals surface area contributed by atoms with E-state index >= 15 is 0 Å². The minimum atomic E-state index is -0.307. The number of benzene rings is 1. The molecule has 1 aromatic carbocycles. The highest BCUT2D eigenvalue weighted by molar-refractivity contribution is 5.99. The van der Waals surface area contributed by atoms with Crippen molar-refractivity contribution in [3.63, 3.8) is 0 Å². The molecule has 5 heteroatoms. The monoisotopic (exact) mass is 302 g/mol. The first-order valence-corrected chi connectivity index (χ1v) is 7.01. The smallest absolute Gasteiger partial charge is 0.270 e. The van der Waals surface area contributed by atoms with Gasteiger partial charge in [0.1, 0.15) is 11.5 Å². The molecule has 1 heterocycles. The molecule has 1 amide bonds. The summed E-state index contributed by atoms with van der Waals surface area (Å²) < 4.78 is 14.6. The van der Waals surface area contributed by atoms with Crippen molar-refractivity contribution in [1.29, 1.82) is 0 Å². The predicted molar refractivity (Wildman–Crippen MR) is 82.3 cm³/mol. The third kappa shape index (κ3) is 3.08. The highest BCUT2D eigenvalue weighted by Gasteiger charge is 2.22. The van der Waals surface area contributed by atoms with Gasteiger partial charge in [0.2, 0.25) is 0 Å². The van der Waals surface area contributed by atoms with E-state index < -0.39 is 0 Å². The Morgan fingerprint density at radius 3 is 2.32 bits per heavy atom. The van der Waals surface area contributed by atoms with Gasteiger partial charge in [0, 0.05) is 25.9 Å². The van der Waals surface area contributed by atoms with Crippen molar-refractivity contribution < 1.29 is 14.0 Å². The number of amides is 1. The molecule has 4 nitrogen and oxygen atoms in total. The van der Waals surface area contributed by atoms with E-state index in [9.17, 15) is 14.0 Å². The van der Waals surface area contributed by atoms with Crippen molar-refractivity contribution in [2.45, 2.75) is 19.9 Å². The second kappa shape index (κ2) is 6.13. The molecule has 1 aromatic heterocycles. The lowest BCUT2D eigenvalue weighted by atomic mass is 10.1. The van der Waals surface area contributed by atoms with Crippen LogP contribution in [0.3, 0.4) is 0 Å². The summed E-state index contributed by atoms with van der Waals surface area (Å²) in [6.07, 6.45) is 1.64. The Bertz CT molecular complexity index is 704. The summed E-state index contributed by atoms with van der Waals surface area (Å²) in [5, 5.41) is 0. The SMILES string of the molecule is CC(=O)c1cc(C(=O)N(C)C(C)c2ccc(F)cc2)n(C)c1. The second-order valence-electron chi connectivity index (χ2n) is 5.42. The topological polar surface area (TPSA) is 42.3 Å². The van der Waals surface area contributed by atoms with E-state index in [1.54, 1.807) is 48.0 Å². The molecule has 0 fully saturated rings. The minimum absolute atomic E-state index is 0.0797. The number of aromatic nitrogens is 1. The van der Waals surface area contributed by atoms with E-state index in [0.29, 0.717) is 11.3 Å². The summed E-state index contributed by atoms with van der Waals surface area (Å²) in [5.41, 5.74) is 1.80. The summed E-state index contributed by atoms with van der Waals surface area (Å²) in [6.45, 7) is 3.34. The molecule has 0 N–H and O–H groups in total. The van der Waals surface area contributed by atoms with E-state index in [1.807, 2.05) is 6.92 Å². The Morgan fingerprint density at radius 1 is 1.23 bits per heavy atom. The third-order valence-electron chi connectivity index (χ3n) is 3.88. The summed E-state index contributed by atoms with van der Waals surface area (Å²) >= 11 is 0. The Labute approximate surface area is 129 Å². The van der Waals surface area contributed by atoms with Crippen LogP contribution in [0, 0.1) is 5.82 Å². The fourth-order valence-electron chi connectivity index (χ4n) is 2.29.